The fourth-order valence-electron chi connectivity index (χ4n) is 3.59. The van der Waals surface area contributed by atoms with Crippen molar-refractivity contribution >= 4 is 23.5 Å². The molecule has 2 aliphatic rings. The van der Waals surface area contributed by atoms with E-state index in [-0.39, 0.29) is 22.1 Å². The number of likely N-dealkylation sites (N-methyl/N-ethyl adjacent to an activating group) is 1. The number of aromatic nitrogens is 2. The summed E-state index contributed by atoms with van der Waals surface area (Å²) in [6, 6.07) is 5.27. The van der Waals surface area contributed by atoms with Crippen molar-refractivity contribution in [2.24, 2.45) is 0 Å². The molecular formula is C18H19F4N5OS. The van der Waals surface area contributed by atoms with Gasteiger partial charge in [-0.3, -0.25) is 4.79 Å². The van der Waals surface area contributed by atoms with E-state index < -0.39 is 23.4 Å². The smallest absolute Gasteiger partial charge is 0.336 e. The summed E-state index contributed by atoms with van der Waals surface area (Å²) in [5.74, 6) is -4.57. The first-order valence-electron chi connectivity index (χ1n) is 8.96. The van der Waals surface area contributed by atoms with Gasteiger partial charge in [-0.25, -0.2) is 9.07 Å². The van der Waals surface area contributed by atoms with Crippen LogP contribution in [0.2, 0.25) is 0 Å². The van der Waals surface area contributed by atoms with Crippen molar-refractivity contribution in [2.45, 2.75) is 17.0 Å². The highest BCUT2D eigenvalue weighted by molar-refractivity contribution is 7.98. The third-order valence-corrected chi connectivity index (χ3v) is 5.91. The third-order valence-electron chi connectivity index (χ3n) is 5.24. The normalized spacial score (nSPS) is 22.1. The summed E-state index contributed by atoms with van der Waals surface area (Å²) in [6.07, 6.45) is -3.56. The first-order valence-corrected chi connectivity index (χ1v) is 10.2. The number of nitrogens with one attached hydrogen (secondary N) is 1. The number of halogens is 4. The topological polar surface area (TPSA) is 53.4 Å². The number of benzene rings is 1. The van der Waals surface area contributed by atoms with Crippen LogP contribution in [0.25, 0.3) is 5.69 Å². The average Bonchev–Trinajstić information content (AvgIpc) is 3.06. The van der Waals surface area contributed by atoms with Crippen LogP contribution in [0.1, 0.15) is 15.9 Å². The second kappa shape index (κ2) is 6.91. The quantitative estimate of drug-likeness (QED) is 0.452. The number of hydrogen-bond donors (Lipinski definition) is 1. The van der Waals surface area contributed by atoms with Gasteiger partial charge < -0.3 is 15.1 Å². The molecule has 1 aromatic heterocycles. The number of piperazine rings is 1. The predicted octanol–water partition coefficient (Wildman–Crippen LogP) is 3.09. The summed E-state index contributed by atoms with van der Waals surface area (Å²) in [5, 5.41) is 6.52. The Balaban J connectivity index is 1.87. The van der Waals surface area contributed by atoms with E-state index in [9.17, 15) is 18.0 Å². The molecule has 29 heavy (non-hydrogen) atoms. The molecule has 3 heterocycles. The first kappa shape index (κ1) is 20.0. The van der Waals surface area contributed by atoms with Crippen molar-refractivity contribution in [1.82, 2.24) is 19.6 Å². The number of amides is 1. The van der Waals surface area contributed by atoms with E-state index in [1.54, 1.807) is 11.2 Å². The van der Waals surface area contributed by atoms with Crippen molar-refractivity contribution in [1.29, 1.82) is 0 Å². The second-order valence-corrected chi connectivity index (χ2v) is 7.83. The summed E-state index contributed by atoms with van der Waals surface area (Å²) in [5.41, 5.74) is -0.676. The molecule has 2 aliphatic heterocycles. The Hall–Kier alpha value is -2.27. The van der Waals surface area contributed by atoms with Gasteiger partial charge in [-0.15, -0.1) is 11.8 Å². The van der Waals surface area contributed by atoms with E-state index in [2.05, 4.69) is 10.00 Å². The lowest BCUT2D eigenvalue weighted by atomic mass is 9.99. The summed E-state index contributed by atoms with van der Waals surface area (Å²) in [7, 11) is 1.93. The lowest BCUT2D eigenvalue weighted by Gasteiger charge is -2.36. The van der Waals surface area contributed by atoms with Gasteiger partial charge in [-0.1, -0.05) is 18.2 Å². The molecule has 6 nitrogen and oxygen atoms in total. The molecule has 0 spiro atoms. The van der Waals surface area contributed by atoms with Gasteiger partial charge in [0.2, 0.25) is 0 Å². The van der Waals surface area contributed by atoms with Crippen molar-refractivity contribution in [3.05, 3.63) is 35.4 Å². The monoisotopic (exact) mass is 429 g/mol. The molecule has 1 amide bonds. The number of carbonyl (C=O) groups excluding carboxylic acids is 1. The largest absolute Gasteiger partial charge is 0.446 e. The number of carbonyl (C=O) groups is 1. The third kappa shape index (κ3) is 3.07. The number of fused-ring (bicyclic) bond motifs is 3. The highest BCUT2D eigenvalue weighted by atomic mass is 32.2. The standard InChI is InChI=1S/C18H19F4N5OS/c1-25-7-9-26(10-8-25)16(28)13-14-23-17(19,18(20,21)22)11-5-3-4-6-12(11)27(14)24-15(13)29-2/h3-6,23H,7-10H2,1-2H3. The Kier molecular flexibility index (Phi) is 4.77. The zero-order valence-electron chi connectivity index (χ0n) is 15.8. The number of alkyl halides is 4. The molecule has 2 aromatic rings. The zero-order valence-corrected chi connectivity index (χ0v) is 16.6. The summed E-state index contributed by atoms with van der Waals surface area (Å²) >= 11 is 1.13. The first-order chi connectivity index (χ1) is 13.7. The van der Waals surface area contributed by atoms with E-state index >= 15 is 4.39 Å². The molecule has 1 aromatic carbocycles. The van der Waals surface area contributed by atoms with Crippen molar-refractivity contribution in [3.63, 3.8) is 0 Å². The van der Waals surface area contributed by atoms with Crippen LogP contribution in [0.4, 0.5) is 23.4 Å². The molecule has 1 fully saturated rings. The van der Waals surface area contributed by atoms with E-state index in [1.807, 2.05) is 12.4 Å². The highest BCUT2D eigenvalue weighted by Gasteiger charge is 2.61. The van der Waals surface area contributed by atoms with Gasteiger partial charge in [-0.2, -0.15) is 18.3 Å². The van der Waals surface area contributed by atoms with Gasteiger partial charge in [-0.05, 0) is 19.4 Å². The molecular weight excluding hydrogens is 410 g/mol. The minimum Gasteiger partial charge on any atom is -0.336 e. The molecule has 1 N–H and O–H groups in total. The van der Waals surface area contributed by atoms with E-state index in [0.717, 1.165) is 17.8 Å². The number of para-hydroxylation sites is 1. The number of anilines is 1. The number of thioether (sulfide) groups is 1. The highest BCUT2D eigenvalue weighted by Crippen LogP contribution is 2.49. The fraction of sp³-hybridized carbons (Fsp3) is 0.444. The maximum atomic E-state index is 15.4. The van der Waals surface area contributed by atoms with Gasteiger partial charge in [0.15, 0.2) is 0 Å². The minimum absolute atomic E-state index is 0.0390. The number of hydrogen-bond acceptors (Lipinski definition) is 5. The van der Waals surface area contributed by atoms with Crippen LogP contribution in [0, 0.1) is 0 Å². The van der Waals surface area contributed by atoms with Crippen molar-refractivity contribution < 1.29 is 22.4 Å². The Morgan fingerprint density at radius 2 is 1.86 bits per heavy atom. The second-order valence-electron chi connectivity index (χ2n) is 7.04. The molecule has 1 unspecified atom stereocenters. The summed E-state index contributed by atoms with van der Waals surface area (Å²) in [6.45, 7) is 2.17. The van der Waals surface area contributed by atoms with Crippen LogP contribution in [0.15, 0.2) is 29.3 Å². The molecule has 156 valence electrons. The van der Waals surface area contributed by atoms with E-state index in [4.69, 9.17) is 0 Å². The Morgan fingerprint density at radius 3 is 2.48 bits per heavy atom. The van der Waals surface area contributed by atoms with Crippen LogP contribution in [0.5, 0.6) is 0 Å². The molecule has 1 atom stereocenters. The molecule has 0 saturated carbocycles. The molecule has 4 rings (SSSR count). The van der Waals surface area contributed by atoms with Gasteiger partial charge in [0.25, 0.3) is 5.91 Å². The molecule has 0 aliphatic carbocycles. The Morgan fingerprint density at radius 1 is 1.21 bits per heavy atom. The maximum Gasteiger partial charge on any atom is 0.446 e. The van der Waals surface area contributed by atoms with Crippen molar-refractivity contribution in [3.8, 4) is 5.69 Å². The van der Waals surface area contributed by atoms with Crippen LogP contribution in [-0.4, -0.2) is 71.1 Å². The molecule has 0 radical (unpaired) electrons. The molecule has 11 heteroatoms. The zero-order chi connectivity index (χ0) is 21.0. The Bertz CT molecular complexity index is 954. The molecule has 0 bridgehead atoms. The lowest BCUT2D eigenvalue weighted by molar-refractivity contribution is -0.225. The van der Waals surface area contributed by atoms with Crippen LogP contribution in [0.3, 0.4) is 0 Å². The van der Waals surface area contributed by atoms with Gasteiger partial charge in [0, 0.05) is 31.7 Å². The lowest BCUT2D eigenvalue weighted by Crippen LogP contribution is -2.49. The average molecular weight is 429 g/mol. The van der Waals surface area contributed by atoms with Gasteiger partial charge in [0.1, 0.15) is 16.4 Å². The maximum absolute atomic E-state index is 15.4. The minimum atomic E-state index is -5.23. The number of rotatable bonds is 2. The number of nitrogens with zero attached hydrogens (tertiary/aromatic N) is 4. The van der Waals surface area contributed by atoms with Gasteiger partial charge in [0.05, 0.1) is 5.69 Å². The SMILES string of the molecule is CSc1nn2c(c1C(=O)N1CCN(C)CC1)NC(F)(C(F)(F)F)c1ccccc1-2. The van der Waals surface area contributed by atoms with Crippen LogP contribution < -0.4 is 5.32 Å². The van der Waals surface area contributed by atoms with E-state index in [0.29, 0.717) is 26.2 Å². The predicted molar refractivity (Wildman–Crippen MR) is 101 cm³/mol. The van der Waals surface area contributed by atoms with Crippen LogP contribution in [-0.2, 0) is 5.79 Å². The summed E-state index contributed by atoms with van der Waals surface area (Å²) < 4.78 is 57.8. The van der Waals surface area contributed by atoms with E-state index in [1.165, 1.54) is 22.9 Å². The molecule has 1 saturated heterocycles. The van der Waals surface area contributed by atoms with Gasteiger partial charge >= 0.3 is 12.0 Å². The van der Waals surface area contributed by atoms with Crippen molar-refractivity contribution in [2.75, 3.05) is 44.8 Å². The summed E-state index contributed by atoms with van der Waals surface area (Å²) in [4.78, 5) is 16.8. The Labute approximate surface area is 168 Å². The van der Waals surface area contributed by atoms with Crippen LogP contribution >= 0.6 is 11.8 Å². The fourth-order valence-corrected chi connectivity index (χ4v) is 4.15.